The van der Waals surface area contributed by atoms with Gasteiger partial charge in [0.15, 0.2) is 0 Å². The molecular formula is C20H19BrN2O4S. The van der Waals surface area contributed by atoms with Gasteiger partial charge in [-0.1, -0.05) is 34.1 Å². The van der Waals surface area contributed by atoms with E-state index in [2.05, 4.69) is 26.2 Å². The summed E-state index contributed by atoms with van der Waals surface area (Å²) in [5, 5.41) is 4.84. The molecule has 0 fully saturated rings. The number of carbonyl (C=O) groups is 2. The lowest BCUT2D eigenvalue weighted by molar-refractivity contribution is -0.141. The Balaban J connectivity index is 1.73. The lowest BCUT2D eigenvalue weighted by Gasteiger charge is -2.18. The van der Waals surface area contributed by atoms with Crippen LogP contribution in [0.5, 0.6) is 0 Å². The van der Waals surface area contributed by atoms with Gasteiger partial charge in [-0.15, -0.1) is 11.3 Å². The van der Waals surface area contributed by atoms with E-state index in [1.165, 1.54) is 18.4 Å². The normalized spacial score (nSPS) is 11.8. The van der Waals surface area contributed by atoms with Crippen LogP contribution in [-0.2, 0) is 20.7 Å². The predicted molar refractivity (Wildman–Crippen MR) is 110 cm³/mol. The molecule has 8 heteroatoms. The largest absolute Gasteiger partial charge is 0.469 e. The molecule has 0 bridgehead atoms. The summed E-state index contributed by atoms with van der Waals surface area (Å²) in [5.74, 6) is 0.470. The van der Waals surface area contributed by atoms with Crippen LogP contribution in [0.2, 0.25) is 0 Å². The molecular weight excluding hydrogens is 444 g/mol. The summed E-state index contributed by atoms with van der Waals surface area (Å²) in [6.45, 7) is 1.79. The van der Waals surface area contributed by atoms with E-state index in [9.17, 15) is 9.59 Å². The van der Waals surface area contributed by atoms with Gasteiger partial charge >= 0.3 is 5.97 Å². The number of benzene rings is 1. The minimum Gasteiger partial charge on any atom is -0.469 e. The van der Waals surface area contributed by atoms with Crippen molar-refractivity contribution in [2.75, 3.05) is 7.11 Å². The van der Waals surface area contributed by atoms with E-state index in [0.717, 1.165) is 14.9 Å². The van der Waals surface area contributed by atoms with Gasteiger partial charge in [-0.25, -0.2) is 4.98 Å². The molecule has 0 spiro atoms. The highest BCUT2D eigenvalue weighted by atomic mass is 79.9. The SMILES string of the molecule is COC(=O)CC(NC(=O)Cc1nc(-c2cccs2)oc1C)c1ccc(Br)cc1. The van der Waals surface area contributed by atoms with Crippen LogP contribution in [0.15, 0.2) is 50.7 Å². The lowest BCUT2D eigenvalue weighted by Crippen LogP contribution is -2.31. The van der Waals surface area contributed by atoms with Crippen LogP contribution in [-0.4, -0.2) is 24.0 Å². The smallest absolute Gasteiger partial charge is 0.307 e. The zero-order valence-corrected chi connectivity index (χ0v) is 17.8. The molecule has 28 heavy (non-hydrogen) atoms. The van der Waals surface area contributed by atoms with E-state index in [4.69, 9.17) is 9.15 Å². The summed E-state index contributed by atoms with van der Waals surface area (Å²) in [6.07, 6.45) is 0.108. The van der Waals surface area contributed by atoms with Crippen molar-refractivity contribution in [3.05, 3.63) is 63.3 Å². The van der Waals surface area contributed by atoms with Gasteiger partial charge in [-0.3, -0.25) is 9.59 Å². The van der Waals surface area contributed by atoms with Crippen LogP contribution < -0.4 is 5.32 Å². The van der Waals surface area contributed by atoms with E-state index in [-0.39, 0.29) is 18.7 Å². The summed E-state index contributed by atoms with van der Waals surface area (Å²) < 4.78 is 11.4. The quantitative estimate of drug-likeness (QED) is 0.524. The molecule has 2 heterocycles. The van der Waals surface area contributed by atoms with Gasteiger partial charge in [-0.2, -0.15) is 0 Å². The molecule has 0 aliphatic heterocycles. The van der Waals surface area contributed by atoms with Gasteiger partial charge in [0.1, 0.15) is 5.76 Å². The highest BCUT2D eigenvalue weighted by Crippen LogP contribution is 2.26. The first kappa shape index (κ1) is 20.3. The fourth-order valence-electron chi connectivity index (χ4n) is 2.69. The summed E-state index contributed by atoms with van der Waals surface area (Å²) in [7, 11) is 1.33. The van der Waals surface area contributed by atoms with Crippen molar-refractivity contribution in [2.24, 2.45) is 0 Å². The van der Waals surface area contributed by atoms with Crippen molar-refractivity contribution >= 4 is 39.1 Å². The molecule has 0 aliphatic carbocycles. The maximum atomic E-state index is 12.6. The van der Waals surface area contributed by atoms with Gasteiger partial charge in [0.2, 0.25) is 11.8 Å². The first-order valence-electron chi connectivity index (χ1n) is 8.58. The van der Waals surface area contributed by atoms with Gasteiger partial charge in [0.05, 0.1) is 36.6 Å². The molecule has 0 saturated carbocycles. The van der Waals surface area contributed by atoms with Gasteiger partial charge in [-0.05, 0) is 36.1 Å². The number of esters is 1. The fourth-order valence-corrected chi connectivity index (χ4v) is 3.61. The number of methoxy groups -OCH3 is 1. The second-order valence-electron chi connectivity index (χ2n) is 6.13. The molecule has 1 amide bonds. The number of rotatable bonds is 7. The van der Waals surface area contributed by atoms with E-state index >= 15 is 0 Å². The molecule has 1 atom stereocenters. The molecule has 1 unspecified atom stereocenters. The number of hydrogen-bond acceptors (Lipinski definition) is 6. The molecule has 1 aromatic carbocycles. The lowest BCUT2D eigenvalue weighted by atomic mass is 10.0. The summed E-state index contributed by atoms with van der Waals surface area (Å²) in [5.41, 5.74) is 1.40. The number of ether oxygens (including phenoxy) is 1. The average molecular weight is 463 g/mol. The van der Waals surface area contributed by atoms with Crippen molar-refractivity contribution in [1.29, 1.82) is 0 Å². The number of nitrogens with zero attached hydrogens (tertiary/aromatic N) is 1. The molecule has 0 saturated heterocycles. The second-order valence-corrected chi connectivity index (χ2v) is 7.99. The van der Waals surface area contributed by atoms with Crippen molar-refractivity contribution in [3.63, 3.8) is 0 Å². The Labute approximate surface area is 175 Å². The van der Waals surface area contributed by atoms with Crippen LogP contribution in [0, 0.1) is 6.92 Å². The Kier molecular flexibility index (Phi) is 6.64. The fraction of sp³-hybridized carbons (Fsp3) is 0.250. The molecule has 3 rings (SSSR count). The predicted octanol–water partition coefficient (Wildman–Crippen LogP) is 4.44. The Morgan fingerprint density at radius 1 is 1.29 bits per heavy atom. The summed E-state index contributed by atoms with van der Waals surface area (Å²) in [4.78, 5) is 29.8. The maximum Gasteiger partial charge on any atom is 0.307 e. The van der Waals surface area contributed by atoms with Crippen molar-refractivity contribution < 1.29 is 18.7 Å². The molecule has 146 valence electrons. The number of nitrogens with one attached hydrogen (secondary N) is 1. The maximum absolute atomic E-state index is 12.6. The Morgan fingerprint density at radius 2 is 2.04 bits per heavy atom. The zero-order valence-electron chi connectivity index (χ0n) is 15.4. The van der Waals surface area contributed by atoms with E-state index in [1.807, 2.05) is 41.8 Å². The molecule has 1 N–H and O–H groups in total. The Morgan fingerprint density at radius 3 is 2.68 bits per heavy atom. The van der Waals surface area contributed by atoms with Crippen molar-refractivity contribution in [3.8, 4) is 10.8 Å². The van der Waals surface area contributed by atoms with Crippen molar-refractivity contribution in [2.45, 2.75) is 25.8 Å². The standard InChI is InChI=1S/C20H19BrN2O4S/c1-12-15(23-20(27-12)17-4-3-9-28-17)10-18(24)22-16(11-19(25)26-2)13-5-7-14(21)8-6-13/h3-9,16H,10-11H2,1-2H3,(H,22,24). The average Bonchev–Trinajstić information content (AvgIpc) is 3.32. The third-order valence-electron chi connectivity index (χ3n) is 4.16. The van der Waals surface area contributed by atoms with E-state index < -0.39 is 12.0 Å². The third-order valence-corrected chi connectivity index (χ3v) is 5.55. The first-order valence-corrected chi connectivity index (χ1v) is 10.3. The Hall–Kier alpha value is -2.45. The topological polar surface area (TPSA) is 81.4 Å². The van der Waals surface area contributed by atoms with Gasteiger partial charge < -0.3 is 14.5 Å². The molecule has 0 aliphatic rings. The highest BCUT2D eigenvalue weighted by molar-refractivity contribution is 9.10. The van der Waals surface area contributed by atoms with Crippen LogP contribution >= 0.6 is 27.3 Å². The molecule has 0 radical (unpaired) electrons. The number of oxazole rings is 1. The summed E-state index contributed by atoms with van der Waals surface area (Å²) >= 11 is 4.91. The number of thiophene rings is 1. The first-order chi connectivity index (χ1) is 13.5. The van der Waals surface area contributed by atoms with Crippen LogP contribution in [0.3, 0.4) is 0 Å². The second kappa shape index (κ2) is 9.16. The van der Waals surface area contributed by atoms with Crippen molar-refractivity contribution in [1.82, 2.24) is 10.3 Å². The minimum atomic E-state index is -0.489. The van der Waals surface area contributed by atoms with Crippen LogP contribution in [0.25, 0.3) is 10.8 Å². The number of hydrogen-bond donors (Lipinski definition) is 1. The zero-order chi connectivity index (χ0) is 20.1. The van der Waals surface area contributed by atoms with Crippen LogP contribution in [0.1, 0.15) is 29.5 Å². The minimum absolute atomic E-state index is 0.0438. The number of halogens is 1. The monoisotopic (exact) mass is 462 g/mol. The number of amides is 1. The summed E-state index contributed by atoms with van der Waals surface area (Å²) in [6, 6.07) is 10.8. The number of aromatic nitrogens is 1. The van der Waals surface area contributed by atoms with E-state index in [1.54, 1.807) is 6.92 Å². The number of carbonyl (C=O) groups excluding carboxylic acids is 2. The van der Waals surface area contributed by atoms with Gasteiger partial charge in [0, 0.05) is 4.47 Å². The Bertz CT molecular complexity index is 951. The number of aryl methyl sites for hydroxylation is 1. The molecule has 2 aromatic heterocycles. The van der Waals surface area contributed by atoms with Crippen LogP contribution in [0.4, 0.5) is 0 Å². The molecule has 6 nitrogen and oxygen atoms in total. The van der Waals surface area contributed by atoms with E-state index in [0.29, 0.717) is 17.3 Å². The molecule has 3 aromatic rings. The highest BCUT2D eigenvalue weighted by Gasteiger charge is 2.21. The third kappa shape index (κ3) is 5.08. The van der Waals surface area contributed by atoms with Gasteiger partial charge in [0.25, 0.3) is 0 Å².